The smallest absolute Gasteiger partial charge is 0.271 e. The summed E-state index contributed by atoms with van der Waals surface area (Å²) in [5, 5.41) is 22.7. The maximum absolute atomic E-state index is 13.8. The predicted octanol–water partition coefficient (Wildman–Crippen LogP) is 1.30. The standard InChI is InChI=1S/C14H18FN7O3/c1-7-11(13(15)20(5)18-7)6-16-17-14(23)10(4)21-9(3)12(22(24)25)8(2)19-21/h6,10H,1-5H3,(H,17,23)/b16-6-/t10-/m0/s1. The van der Waals surface area contributed by atoms with Gasteiger partial charge in [-0.2, -0.15) is 19.7 Å². The van der Waals surface area contributed by atoms with Crippen LogP contribution in [0.3, 0.4) is 0 Å². The number of hydrogen-bond acceptors (Lipinski definition) is 6. The van der Waals surface area contributed by atoms with Gasteiger partial charge in [-0.05, 0) is 27.7 Å². The van der Waals surface area contributed by atoms with Gasteiger partial charge >= 0.3 is 5.69 Å². The van der Waals surface area contributed by atoms with Gasteiger partial charge in [-0.1, -0.05) is 0 Å². The van der Waals surface area contributed by atoms with Crippen LogP contribution in [-0.4, -0.2) is 36.6 Å². The summed E-state index contributed by atoms with van der Waals surface area (Å²) < 4.78 is 16.1. The van der Waals surface area contributed by atoms with Crippen LogP contribution in [0.25, 0.3) is 0 Å². The monoisotopic (exact) mass is 351 g/mol. The van der Waals surface area contributed by atoms with Crippen LogP contribution in [0.2, 0.25) is 0 Å². The fourth-order valence-electron chi connectivity index (χ4n) is 2.45. The van der Waals surface area contributed by atoms with Gasteiger partial charge in [0.25, 0.3) is 5.91 Å². The summed E-state index contributed by atoms with van der Waals surface area (Å²) in [4.78, 5) is 22.7. The van der Waals surface area contributed by atoms with Gasteiger partial charge in [0.2, 0.25) is 5.95 Å². The first-order chi connectivity index (χ1) is 11.6. The van der Waals surface area contributed by atoms with Crippen LogP contribution in [0, 0.1) is 36.8 Å². The van der Waals surface area contributed by atoms with Crippen LogP contribution in [0.4, 0.5) is 10.1 Å². The molecule has 0 aliphatic carbocycles. The van der Waals surface area contributed by atoms with Crippen molar-refractivity contribution in [3.05, 3.63) is 38.7 Å². The lowest BCUT2D eigenvalue weighted by molar-refractivity contribution is -0.386. The molecule has 0 fully saturated rings. The molecule has 0 aliphatic heterocycles. The normalized spacial score (nSPS) is 12.6. The summed E-state index contributed by atoms with van der Waals surface area (Å²) in [5.74, 6) is -1.11. The first kappa shape index (κ1) is 18.2. The molecule has 11 heteroatoms. The van der Waals surface area contributed by atoms with Crippen molar-refractivity contribution >= 4 is 17.8 Å². The molecular formula is C14H18FN7O3. The first-order valence-corrected chi connectivity index (χ1v) is 7.37. The number of carbonyl (C=O) groups is 1. The van der Waals surface area contributed by atoms with Crippen molar-refractivity contribution in [1.82, 2.24) is 25.0 Å². The Labute approximate surface area is 142 Å². The summed E-state index contributed by atoms with van der Waals surface area (Å²) >= 11 is 0. The number of aromatic nitrogens is 4. The quantitative estimate of drug-likeness (QED) is 0.494. The highest BCUT2D eigenvalue weighted by atomic mass is 19.1. The lowest BCUT2D eigenvalue weighted by atomic mass is 10.3. The van der Waals surface area contributed by atoms with Gasteiger partial charge in [0.1, 0.15) is 17.4 Å². The van der Waals surface area contributed by atoms with Crippen molar-refractivity contribution in [2.75, 3.05) is 0 Å². The molecule has 2 aromatic rings. The molecule has 0 aromatic carbocycles. The highest BCUT2D eigenvalue weighted by molar-refractivity contribution is 5.84. The summed E-state index contributed by atoms with van der Waals surface area (Å²) in [6, 6.07) is -0.829. The number of aryl methyl sites for hydroxylation is 3. The third-order valence-electron chi connectivity index (χ3n) is 3.78. The fourth-order valence-corrected chi connectivity index (χ4v) is 2.45. The molecule has 0 saturated carbocycles. The third kappa shape index (κ3) is 3.39. The van der Waals surface area contributed by atoms with Gasteiger partial charge in [0, 0.05) is 7.05 Å². The second kappa shape index (κ2) is 6.79. The Bertz CT molecular complexity index is 868. The van der Waals surface area contributed by atoms with Crippen LogP contribution in [-0.2, 0) is 11.8 Å². The number of nitro groups is 1. The van der Waals surface area contributed by atoms with Gasteiger partial charge in [-0.3, -0.25) is 19.6 Å². The summed E-state index contributed by atoms with van der Waals surface area (Å²) in [6.07, 6.45) is 1.16. The van der Waals surface area contributed by atoms with Crippen LogP contribution in [0.5, 0.6) is 0 Å². The molecule has 134 valence electrons. The Morgan fingerprint density at radius 3 is 2.48 bits per heavy atom. The number of nitrogens with zero attached hydrogens (tertiary/aromatic N) is 6. The van der Waals surface area contributed by atoms with E-state index in [2.05, 4.69) is 20.7 Å². The van der Waals surface area contributed by atoms with E-state index in [0.717, 1.165) is 10.9 Å². The Kier molecular flexibility index (Phi) is 4.95. The minimum Gasteiger partial charge on any atom is -0.271 e. The van der Waals surface area contributed by atoms with E-state index in [9.17, 15) is 19.3 Å². The van der Waals surface area contributed by atoms with Gasteiger partial charge in [-0.15, -0.1) is 0 Å². The molecule has 25 heavy (non-hydrogen) atoms. The Balaban J connectivity index is 2.15. The number of amides is 1. The van der Waals surface area contributed by atoms with Crippen LogP contribution in [0.1, 0.15) is 35.6 Å². The minimum absolute atomic E-state index is 0.129. The average molecular weight is 351 g/mol. The van der Waals surface area contributed by atoms with Crippen molar-refractivity contribution in [2.45, 2.75) is 33.7 Å². The average Bonchev–Trinajstić information content (AvgIpc) is 2.96. The van der Waals surface area contributed by atoms with E-state index in [1.807, 2.05) is 0 Å². The lowest BCUT2D eigenvalue weighted by Gasteiger charge is -2.11. The third-order valence-corrected chi connectivity index (χ3v) is 3.78. The number of carbonyl (C=O) groups excluding carboxylic acids is 1. The summed E-state index contributed by atoms with van der Waals surface area (Å²) in [6.45, 7) is 6.16. The molecule has 1 atom stereocenters. The molecule has 2 heterocycles. The Morgan fingerprint density at radius 1 is 1.36 bits per heavy atom. The molecule has 0 aliphatic rings. The van der Waals surface area contributed by atoms with Crippen molar-refractivity contribution in [2.24, 2.45) is 12.1 Å². The van der Waals surface area contributed by atoms with Crippen molar-refractivity contribution < 1.29 is 14.1 Å². The van der Waals surface area contributed by atoms with Crippen molar-refractivity contribution in [3.8, 4) is 0 Å². The maximum atomic E-state index is 13.8. The maximum Gasteiger partial charge on any atom is 0.312 e. The molecule has 2 rings (SSSR count). The molecule has 1 N–H and O–H groups in total. The molecule has 0 spiro atoms. The summed E-state index contributed by atoms with van der Waals surface area (Å²) in [5.41, 5.74) is 3.23. The molecule has 0 saturated heterocycles. The number of hydrazone groups is 1. The highest BCUT2D eigenvalue weighted by Gasteiger charge is 2.26. The van der Waals surface area contributed by atoms with E-state index in [1.165, 1.54) is 32.5 Å². The van der Waals surface area contributed by atoms with Crippen molar-refractivity contribution in [3.63, 3.8) is 0 Å². The molecule has 1 amide bonds. The zero-order valence-electron chi connectivity index (χ0n) is 14.4. The molecule has 2 aromatic heterocycles. The van der Waals surface area contributed by atoms with Crippen molar-refractivity contribution in [1.29, 1.82) is 0 Å². The number of hydrogen-bond donors (Lipinski definition) is 1. The van der Waals surface area contributed by atoms with E-state index < -0.39 is 22.8 Å². The second-order valence-corrected chi connectivity index (χ2v) is 5.54. The van der Waals surface area contributed by atoms with E-state index in [-0.39, 0.29) is 22.6 Å². The fraction of sp³-hybridized carbons (Fsp3) is 0.429. The zero-order valence-corrected chi connectivity index (χ0v) is 14.4. The first-order valence-electron chi connectivity index (χ1n) is 7.37. The van der Waals surface area contributed by atoms with Gasteiger partial charge in [0.05, 0.1) is 22.4 Å². The number of nitrogens with one attached hydrogen (secondary N) is 1. The second-order valence-electron chi connectivity index (χ2n) is 5.54. The van der Waals surface area contributed by atoms with Crippen LogP contribution >= 0.6 is 0 Å². The SMILES string of the molecule is Cc1nn(C)c(F)c1/C=N\NC(=O)[C@H](C)n1nc(C)c([N+](=O)[O-])c1C. The Hall–Kier alpha value is -3.11. The molecule has 0 bridgehead atoms. The van der Waals surface area contributed by atoms with Gasteiger partial charge in [-0.25, -0.2) is 10.1 Å². The van der Waals surface area contributed by atoms with E-state index in [4.69, 9.17) is 0 Å². The van der Waals surface area contributed by atoms with E-state index in [1.54, 1.807) is 6.92 Å². The largest absolute Gasteiger partial charge is 0.312 e. The number of rotatable bonds is 5. The topological polar surface area (TPSA) is 120 Å². The molecular weight excluding hydrogens is 333 g/mol. The highest BCUT2D eigenvalue weighted by Crippen LogP contribution is 2.24. The molecule has 10 nitrogen and oxygen atoms in total. The van der Waals surface area contributed by atoms with E-state index in [0.29, 0.717) is 5.69 Å². The van der Waals surface area contributed by atoms with E-state index >= 15 is 0 Å². The molecule has 0 radical (unpaired) electrons. The van der Waals surface area contributed by atoms with Crippen LogP contribution in [0.15, 0.2) is 5.10 Å². The zero-order chi connectivity index (χ0) is 18.9. The van der Waals surface area contributed by atoms with Gasteiger partial charge in [0.15, 0.2) is 0 Å². The lowest BCUT2D eigenvalue weighted by Crippen LogP contribution is -2.28. The molecule has 0 unspecified atom stereocenters. The van der Waals surface area contributed by atoms with Gasteiger partial charge < -0.3 is 0 Å². The Morgan fingerprint density at radius 2 is 2.00 bits per heavy atom. The predicted molar refractivity (Wildman–Crippen MR) is 86.7 cm³/mol. The van der Waals surface area contributed by atoms with Crippen LogP contribution < -0.4 is 5.43 Å². The minimum atomic E-state index is -0.829. The number of halogens is 1. The summed E-state index contributed by atoms with van der Waals surface area (Å²) in [7, 11) is 1.45.